The second-order valence-electron chi connectivity index (χ2n) is 4.17. The lowest BCUT2D eigenvalue weighted by molar-refractivity contribution is 0.636. The van der Waals surface area contributed by atoms with Gasteiger partial charge in [0, 0.05) is 11.8 Å². The third-order valence-electron chi connectivity index (χ3n) is 3.07. The number of nitrogens with zero attached hydrogens (tertiary/aromatic N) is 1. The number of nitrogens with two attached hydrogens (primary N) is 2. The molecule has 0 aliphatic heterocycles. The van der Waals surface area contributed by atoms with Gasteiger partial charge in [-0.1, -0.05) is 37.3 Å². The molecule has 0 saturated carbocycles. The molecular weight excluding hydrogens is 224 g/mol. The second-order valence-corrected chi connectivity index (χ2v) is 4.17. The number of benzene rings is 1. The Kier molecular flexibility index (Phi) is 3.92. The van der Waals surface area contributed by atoms with Crippen molar-refractivity contribution in [1.29, 1.82) is 0 Å². The molecule has 18 heavy (non-hydrogen) atoms. The van der Waals surface area contributed by atoms with E-state index in [9.17, 15) is 0 Å². The van der Waals surface area contributed by atoms with Gasteiger partial charge in [-0.25, -0.2) is 10.4 Å². The van der Waals surface area contributed by atoms with Crippen LogP contribution in [-0.2, 0) is 6.42 Å². The number of hydrogen-bond donors (Lipinski definition) is 3. The Morgan fingerprint density at radius 3 is 2.50 bits per heavy atom. The molecule has 0 aliphatic rings. The predicted octanol–water partition coefficient (Wildman–Crippen LogP) is 1.78. The number of hydrogen-bond acceptors (Lipinski definition) is 4. The molecule has 0 amide bonds. The van der Waals surface area contributed by atoms with Gasteiger partial charge in [-0.3, -0.25) is 5.84 Å². The summed E-state index contributed by atoms with van der Waals surface area (Å²) in [7, 11) is 0. The average molecular weight is 242 g/mol. The molecule has 0 aliphatic carbocycles. The van der Waals surface area contributed by atoms with Crippen molar-refractivity contribution in [2.24, 2.45) is 5.84 Å². The molecule has 1 unspecified atom stereocenters. The Morgan fingerprint density at radius 1 is 1.22 bits per heavy atom. The average Bonchev–Trinajstić information content (AvgIpc) is 2.42. The topological polar surface area (TPSA) is 77.0 Å². The summed E-state index contributed by atoms with van der Waals surface area (Å²) in [4.78, 5) is 4.09. The number of nitrogens with one attached hydrogen (secondary N) is 1. The summed E-state index contributed by atoms with van der Waals surface area (Å²) in [6.45, 7) is 2.13. The molecule has 0 spiro atoms. The van der Waals surface area contributed by atoms with E-state index in [0.717, 1.165) is 17.5 Å². The number of nitrogen functional groups attached to an aromatic ring is 1. The number of pyridine rings is 1. The minimum Gasteiger partial charge on any atom is -0.383 e. The van der Waals surface area contributed by atoms with E-state index in [1.165, 1.54) is 5.56 Å². The van der Waals surface area contributed by atoms with Crippen molar-refractivity contribution in [3.63, 3.8) is 0 Å². The summed E-state index contributed by atoms with van der Waals surface area (Å²) in [5, 5.41) is 0. The van der Waals surface area contributed by atoms with Gasteiger partial charge in [0.05, 0.1) is 6.04 Å². The van der Waals surface area contributed by atoms with Crippen molar-refractivity contribution in [3.05, 3.63) is 59.3 Å². The van der Waals surface area contributed by atoms with Gasteiger partial charge >= 0.3 is 0 Å². The Bertz CT molecular complexity index is 507. The van der Waals surface area contributed by atoms with Crippen molar-refractivity contribution in [3.8, 4) is 0 Å². The fourth-order valence-electron chi connectivity index (χ4n) is 1.99. The zero-order valence-corrected chi connectivity index (χ0v) is 10.4. The minimum absolute atomic E-state index is 0.135. The molecule has 1 aromatic carbocycles. The van der Waals surface area contributed by atoms with Crippen LogP contribution in [0.5, 0.6) is 0 Å². The molecule has 1 atom stereocenters. The lowest BCUT2D eigenvalue weighted by Gasteiger charge is -2.18. The molecular formula is C14H18N4. The SMILES string of the molecule is CCc1ccc(C(NN)c2cccnc2N)cc1. The van der Waals surface area contributed by atoms with Crippen LogP contribution in [0, 0.1) is 0 Å². The Labute approximate surface area is 107 Å². The van der Waals surface area contributed by atoms with Crippen LogP contribution < -0.4 is 17.0 Å². The largest absolute Gasteiger partial charge is 0.383 e. The van der Waals surface area contributed by atoms with E-state index in [2.05, 4.69) is 41.6 Å². The molecule has 1 heterocycles. The van der Waals surface area contributed by atoms with Gasteiger partial charge in [0.25, 0.3) is 0 Å². The van der Waals surface area contributed by atoms with Crippen LogP contribution in [0.15, 0.2) is 42.6 Å². The first kappa shape index (κ1) is 12.5. The smallest absolute Gasteiger partial charge is 0.128 e. The van der Waals surface area contributed by atoms with E-state index in [4.69, 9.17) is 11.6 Å². The van der Waals surface area contributed by atoms with Crippen molar-refractivity contribution < 1.29 is 0 Å². The summed E-state index contributed by atoms with van der Waals surface area (Å²) in [5.41, 5.74) is 11.9. The van der Waals surface area contributed by atoms with Crippen LogP contribution in [0.1, 0.15) is 29.7 Å². The minimum atomic E-state index is -0.135. The highest BCUT2D eigenvalue weighted by Crippen LogP contribution is 2.24. The molecule has 2 aromatic rings. The molecule has 94 valence electrons. The zero-order valence-electron chi connectivity index (χ0n) is 10.4. The number of rotatable bonds is 4. The highest BCUT2D eigenvalue weighted by molar-refractivity contribution is 5.45. The Hall–Kier alpha value is -1.91. The summed E-state index contributed by atoms with van der Waals surface area (Å²) in [5.74, 6) is 6.14. The van der Waals surface area contributed by atoms with Crippen molar-refractivity contribution in [2.45, 2.75) is 19.4 Å². The van der Waals surface area contributed by atoms with Gasteiger partial charge in [-0.15, -0.1) is 0 Å². The maximum Gasteiger partial charge on any atom is 0.128 e. The van der Waals surface area contributed by atoms with Gasteiger partial charge in [-0.2, -0.15) is 0 Å². The monoisotopic (exact) mass is 242 g/mol. The van der Waals surface area contributed by atoms with Crippen LogP contribution in [-0.4, -0.2) is 4.98 Å². The highest BCUT2D eigenvalue weighted by Gasteiger charge is 2.15. The number of anilines is 1. The first-order valence-electron chi connectivity index (χ1n) is 6.01. The quantitative estimate of drug-likeness (QED) is 0.564. The predicted molar refractivity (Wildman–Crippen MR) is 73.6 cm³/mol. The highest BCUT2D eigenvalue weighted by atomic mass is 15.2. The summed E-state index contributed by atoms with van der Waals surface area (Å²) in [6, 6.07) is 12.0. The third kappa shape index (κ3) is 2.50. The molecule has 5 N–H and O–H groups in total. The van der Waals surface area contributed by atoms with E-state index >= 15 is 0 Å². The van der Waals surface area contributed by atoms with Gasteiger partial charge in [0.1, 0.15) is 5.82 Å². The fourth-order valence-corrected chi connectivity index (χ4v) is 1.99. The normalized spacial score (nSPS) is 12.3. The molecule has 0 fully saturated rings. The van der Waals surface area contributed by atoms with Gasteiger partial charge in [-0.05, 0) is 23.6 Å². The van der Waals surface area contributed by atoms with E-state index in [0.29, 0.717) is 5.82 Å². The lowest BCUT2D eigenvalue weighted by Crippen LogP contribution is -2.29. The van der Waals surface area contributed by atoms with Crippen LogP contribution in [0.2, 0.25) is 0 Å². The second kappa shape index (κ2) is 5.62. The summed E-state index contributed by atoms with van der Waals surface area (Å²) in [6.07, 6.45) is 2.70. The molecule has 0 saturated heterocycles. The van der Waals surface area contributed by atoms with Crippen molar-refractivity contribution in [1.82, 2.24) is 10.4 Å². The van der Waals surface area contributed by atoms with Crippen LogP contribution >= 0.6 is 0 Å². The molecule has 4 heteroatoms. The summed E-state index contributed by atoms with van der Waals surface area (Å²) < 4.78 is 0. The maximum atomic E-state index is 5.88. The van der Waals surface area contributed by atoms with E-state index in [-0.39, 0.29) is 6.04 Å². The van der Waals surface area contributed by atoms with Crippen LogP contribution in [0.3, 0.4) is 0 Å². The third-order valence-corrected chi connectivity index (χ3v) is 3.07. The molecule has 1 aromatic heterocycles. The number of hydrazine groups is 1. The van der Waals surface area contributed by atoms with Gasteiger partial charge < -0.3 is 5.73 Å². The Morgan fingerprint density at radius 2 is 1.94 bits per heavy atom. The van der Waals surface area contributed by atoms with E-state index in [1.807, 2.05) is 12.1 Å². The maximum absolute atomic E-state index is 5.88. The molecule has 4 nitrogen and oxygen atoms in total. The van der Waals surface area contributed by atoms with Crippen molar-refractivity contribution >= 4 is 5.82 Å². The molecule has 0 bridgehead atoms. The van der Waals surface area contributed by atoms with Gasteiger partial charge in [0.15, 0.2) is 0 Å². The van der Waals surface area contributed by atoms with Crippen LogP contribution in [0.4, 0.5) is 5.82 Å². The Balaban J connectivity index is 2.36. The standard InChI is InChI=1S/C14H18N4/c1-2-10-5-7-11(8-6-10)13(18-16)12-4-3-9-17-14(12)15/h3-9,13,18H,2,16H2,1H3,(H2,15,17). The first-order chi connectivity index (χ1) is 8.76. The summed E-state index contributed by atoms with van der Waals surface area (Å²) >= 11 is 0. The van der Waals surface area contributed by atoms with Gasteiger partial charge in [0.2, 0.25) is 0 Å². The van der Waals surface area contributed by atoms with E-state index < -0.39 is 0 Å². The lowest BCUT2D eigenvalue weighted by atomic mass is 9.98. The number of aromatic nitrogens is 1. The first-order valence-corrected chi connectivity index (χ1v) is 6.01. The zero-order chi connectivity index (χ0) is 13.0. The number of aryl methyl sites for hydroxylation is 1. The molecule has 0 radical (unpaired) electrons. The van der Waals surface area contributed by atoms with E-state index in [1.54, 1.807) is 6.20 Å². The van der Waals surface area contributed by atoms with Crippen LogP contribution in [0.25, 0.3) is 0 Å². The fraction of sp³-hybridized carbons (Fsp3) is 0.214. The van der Waals surface area contributed by atoms with Crippen molar-refractivity contribution in [2.75, 3.05) is 5.73 Å². The molecule has 2 rings (SSSR count).